The number of hydrogen-bond acceptors (Lipinski definition) is 4. The molecule has 1 aliphatic rings. The predicted octanol–water partition coefficient (Wildman–Crippen LogP) is 4.80. The van der Waals surface area contributed by atoms with E-state index in [0.29, 0.717) is 36.1 Å². The Hall–Kier alpha value is -3.30. The molecule has 1 aliphatic heterocycles. The van der Waals surface area contributed by atoms with Gasteiger partial charge in [0.1, 0.15) is 11.5 Å². The molecule has 0 radical (unpaired) electrons. The number of amides is 1. The lowest BCUT2D eigenvalue weighted by atomic mass is 9.97. The van der Waals surface area contributed by atoms with Gasteiger partial charge >= 0.3 is 0 Å². The number of halogens is 2. The van der Waals surface area contributed by atoms with Crippen molar-refractivity contribution >= 4 is 21.6 Å². The van der Waals surface area contributed by atoms with Crippen LogP contribution in [0.3, 0.4) is 0 Å². The first-order valence-corrected chi connectivity index (χ1v) is 11.9. The molecule has 4 rings (SSSR count). The maximum Gasteiger partial charge on any atom is 0.243 e. The number of para-hydroxylation sites is 1. The second-order valence-corrected chi connectivity index (χ2v) is 9.62. The molecule has 1 N–H and O–H groups in total. The van der Waals surface area contributed by atoms with Crippen LogP contribution in [0.1, 0.15) is 12.8 Å². The zero-order valence-corrected chi connectivity index (χ0v) is 18.4. The third-order valence-electron chi connectivity index (χ3n) is 5.45. The van der Waals surface area contributed by atoms with Gasteiger partial charge in [-0.15, -0.1) is 0 Å². The summed E-state index contributed by atoms with van der Waals surface area (Å²) in [5, 5.41) is 2.85. The number of sulfonamides is 1. The van der Waals surface area contributed by atoms with E-state index in [1.54, 1.807) is 24.3 Å². The van der Waals surface area contributed by atoms with Crippen LogP contribution in [0.4, 0.5) is 14.5 Å². The summed E-state index contributed by atoms with van der Waals surface area (Å²) in [7, 11) is -3.96. The largest absolute Gasteiger partial charge is 0.457 e. The highest BCUT2D eigenvalue weighted by atomic mass is 32.2. The van der Waals surface area contributed by atoms with Crippen molar-refractivity contribution in [2.75, 3.05) is 18.4 Å². The molecule has 0 spiro atoms. The number of carbonyl (C=O) groups excluding carboxylic acids is 1. The molecule has 0 aliphatic carbocycles. The Morgan fingerprint density at radius 2 is 1.52 bits per heavy atom. The molecule has 33 heavy (non-hydrogen) atoms. The van der Waals surface area contributed by atoms with E-state index >= 15 is 0 Å². The quantitative estimate of drug-likeness (QED) is 0.559. The normalized spacial score (nSPS) is 15.2. The second-order valence-electron chi connectivity index (χ2n) is 7.68. The van der Waals surface area contributed by atoms with Crippen LogP contribution in [0.5, 0.6) is 11.5 Å². The minimum absolute atomic E-state index is 0.114. The van der Waals surface area contributed by atoms with Crippen molar-refractivity contribution in [3.8, 4) is 11.5 Å². The van der Waals surface area contributed by atoms with E-state index < -0.39 is 21.7 Å². The minimum Gasteiger partial charge on any atom is -0.457 e. The molecular formula is C24H22F2N2O4S. The Morgan fingerprint density at radius 1 is 0.879 bits per heavy atom. The fraction of sp³-hybridized carbons (Fsp3) is 0.208. The van der Waals surface area contributed by atoms with Gasteiger partial charge in [0.25, 0.3) is 0 Å². The number of anilines is 1. The van der Waals surface area contributed by atoms with E-state index in [-0.39, 0.29) is 29.8 Å². The average Bonchev–Trinajstić information content (AvgIpc) is 2.83. The molecule has 0 aromatic heterocycles. The molecule has 1 heterocycles. The van der Waals surface area contributed by atoms with Crippen molar-refractivity contribution in [1.29, 1.82) is 0 Å². The van der Waals surface area contributed by atoms with Crippen molar-refractivity contribution in [1.82, 2.24) is 4.31 Å². The highest BCUT2D eigenvalue weighted by Gasteiger charge is 2.32. The maximum atomic E-state index is 13.5. The first-order chi connectivity index (χ1) is 15.8. The minimum atomic E-state index is -3.96. The first-order valence-electron chi connectivity index (χ1n) is 10.4. The summed E-state index contributed by atoms with van der Waals surface area (Å²) in [5.74, 6) is -1.54. The number of benzene rings is 3. The zero-order chi connectivity index (χ0) is 23.4. The number of carbonyl (C=O) groups is 1. The van der Waals surface area contributed by atoms with Crippen molar-refractivity contribution < 1.29 is 26.7 Å². The number of piperidine rings is 1. The monoisotopic (exact) mass is 472 g/mol. The summed E-state index contributed by atoms with van der Waals surface area (Å²) in [4.78, 5) is 12.3. The molecule has 9 heteroatoms. The van der Waals surface area contributed by atoms with Crippen molar-refractivity contribution in [3.63, 3.8) is 0 Å². The number of rotatable bonds is 6. The Bertz CT molecular complexity index is 1230. The highest BCUT2D eigenvalue weighted by molar-refractivity contribution is 7.89. The van der Waals surface area contributed by atoms with Crippen LogP contribution in [0.15, 0.2) is 77.7 Å². The highest BCUT2D eigenvalue weighted by Crippen LogP contribution is 2.27. The molecule has 6 nitrogen and oxygen atoms in total. The van der Waals surface area contributed by atoms with Crippen LogP contribution in [-0.4, -0.2) is 31.7 Å². The topological polar surface area (TPSA) is 75.7 Å². The Kier molecular flexibility index (Phi) is 6.71. The number of ether oxygens (including phenoxy) is 1. The number of nitrogens with zero attached hydrogens (tertiary/aromatic N) is 1. The molecule has 1 fully saturated rings. The molecular weight excluding hydrogens is 450 g/mol. The van der Waals surface area contributed by atoms with Crippen LogP contribution < -0.4 is 10.1 Å². The molecule has 1 saturated heterocycles. The fourth-order valence-electron chi connectivity index (χ4n) is 3.62. The van der Waals surface area contributed by atoms with Crippen LogP contribution >= 0.6 is 0 Å². The van der Waals surface area contributed by atoms with E-state index in [1.807, 2.05) is 30.3 Å². The predicted molar refractivity (Wildman–Crippen MR) is 119 cm³/mol. The average molecular weight is 473 g/mol. The van der Waals surface area contributed by atoms with Gasteiger partial charge in [-0.2, -0.15) is 4.31 Å². The van der Waals surface area contributed by atoms with Crippen molar-refractivity contribution in [3.05, 3.63) is 84.4 Å². The van der Waals surface area contributed by atoms with Gasteiger partial charge in [-0.25, -0.2) is 17.2 Å². The van der Waals surface area contributed by atoms with Crippen molar-refractivity contribution in [2.45, 2.75) is 17.7 Å². The van der Waals surface area contributed by atoms with Crippen LogP contribution in [0.25, 0.3) is 0 Å². The van der Waals surface area contributed by atoms with E-state index in [4.69, 9.17) is 4.74 Å². The van der Waals surface area contributed by atoms with E-state index in [1.165, 1.54) is 4.31 Å². The van der Waals surface area contributed by atoms with Gasteiger partial charge in [-0.3, -0.25) is 4.79 Å². The summed E-state index contributed by atoms with van der Waals surface area (Å²) in [6, 6.07) is 18.8. The maximum absolute atomic E-state index is 13.5. The molecule has 1 amide bonds. The molecule has 172 valence electrons. The first kappa shape index (κ1) is 22.9. The lowest BCUT2D eigenvalue weighted by Crippen LogP contribution is -2.41. The summed E-state index contributed by atoms with van der Waals surface area (Å²) >= 11 is 0. The van der Waals surface area contributed by atoms with Gasteiger partial charge < -0.3 is 10.1 Å². The van der Waals surface area contributed by atoms with Gasteiger partial charge in [0.15, 0.2) is 11.6 Å². The van der Waals surface area contributed by atoms with E-state index in [2.05, 4.69) is 5.32 Å². The van der Waals surface area contributed by atoms with Gasteiger partial charge in [0, 0.05) is 24.7 Å². The third kappa shape index (κ3) is 5.37. The summed E-state index contributed by atoms with van der Waals surface area (Å²) in [5.41, 5.74) is 0.609. The molecule has 0 unspecified atom stereocenters. The number of hydrogen-bond donors (Lipinski definition) is 1. The van der Waals surface area contributed by atoms with Gasteiger partial charge in [-0.05, 0) is 67.4 Å². The fourth-order valence-corrected chi connectivity index (χ4v) is 5.10. The standard InChI is InChI=1S/C24H22F2N2O4S/c25-22-11-10-21(16-23(22)26)33(30,31)28-14-12-17(13-15-28)24(29)27-18-6-8-20(9-7-18)32-19-4-2-1-3-5-19/h1-11,16-17H,12-15H2,(H,27,29). The summed E-state index contributed by atoms with van der Waals surface area (Å²) in [6.07, 6.45) is 0.647. The molecule has 3 aromatic carbocycles. The van der Waals surface area contributed by atoms with Crippen LogP contribution in [0, 0.1) is 17.6 Å². The lowest BCUT2D eigenvalue weighted by molar-refractivity contribution is -0.120. The second kappa shape index (κ2) is 9.68. The Labute approximate surface area is 190 Å². The lowest BCUT2D eigenvalue weighted by Gasteiger charge is -2.30. The summed E-state index contributed by atoms with van der Waals surface area (Å²) in [6.45, 7) is 0.229. The molecule has 0 bridgehead atoms. The van der Waals surface area contributed by atoms with Gasteiger partial charge in [0.2, 0.25) is 15.9 Å². The SMILES string of the molecule is O=C(Nc1ccc(Oc2ccccc2)cc1)C1CCN(S(=O)(=O)c2ccc(F)c(F)c2)CC1. The Balaban J connectivity index is 1.32. The third-order valence-corrected chi connectivity index (χ3v) is 7.35. The van der Waals surface area contributed by atoms with Crippen molar-refractivity contribution in [2.24, 2.45) is 5.92 Å². The van der Waals surface area contributed by atoms with Gasteiger partial charge in [-0.1, -0.05) is 18.2 Å². The van der Waals surface area contributed by atoms with Gasteiger partial charge in [0.05, 0.1) is 4.90 Å². The molecule has 0 saturated carbocycles. The van der Waals surface area contributed by atoms with E-state index in [9.17, 15) is 22.0 Å². The molecule has 3 aromatic rings. The molecule has 0 atom stereocenters. The van der Waals surface area contributed by atoms with Crippen LogP contribution in [-0.2, 0) is 14.8 Å². The zero-order valence-electron chi connectivity index (χ0n) is 17.6. The van der Waals surface area contributed by atoms with E-state index in [0.717, 1.165) is 12.1 Å². The van der Waals surface area contributed by atoms with Crippen LogP contribution in [0.2, 0.25) is 0 Å². The Morgan fingerprint density at radius 3 is 2.15 bits per heavy atom. The number of nitrogens with one attached hydrogen (secondary N) is 1. The smallest absolute Gasteiger partial charge is 0.243 e. The summed E-state index contributed by atoms with van der Waals surface area (Å²) < 4.78 is 58.9.